The van der Waals surface area contributed by atoms with Crippen molar-refractivity contribution in [1.82, 2.24) is 0 Å². The first-order chi connectivity index (χ1) is 52.8. The van der Waals surface area contributed by atoms with Gasteiger partial charge in [-0.2, -0.15) is 22.2 Å². The fourth-order valence-corrected chi connectivity index (χ4v) is 109. The maximum absolute atomic E-state index is 9.74. The first-order valence-electron chi connectivity index (χ1n) is 43.5. The molecule has 0 saturated carbocycles. The molecule has 726 valence electrons. The molecule has 2 atom stereocenters. The zero-order valence-corrected chi connectivity index (χ0v) is 113. The summed E-state index contributed by atoms with van der Waals surface area (Å²) >= 11 is 28.8. The fourth-order valence-electron chi connectivity index (χ4n) is 12.2. The molecule has 2 heterocycles. The minimum absolute atomic E-state index is 0.844. The molecule has 2 unspecified atom stereocenters. The third kappa shape index (κ3) is 115. The van der Waals surface area contributed by atoms with Crippen molar-refractivity contribution in [2.45, 2.75) is 395 Å². The SMILES string of the molecule is C1CCOC1.CCC[CH2][Sn]([CH2]CCC)([CH2]CCC)[O]C.CCC[CH2][Sn]([CH2]CCC)([CH2]CCC)[O][Si](C)(C)OC.CCOCC.CCOCC.C[SiH](Cl)Cl.C[SiH](Cl)O[Si](C)(C)O[Si](C)(C)O[Si](C)(C)Cl.C[SiH](O)O[Si](C)(C)O[Si](C)(C)O[Si](C)(C)O.C[SiH]1O[Si](C)(C)O[Si](C)(C)O[Si](C)(C)O1.C[Si](C)(Cl)Cl.C[Si](C)(O)O[Si](C)(C)O[Si](C)(C)O. The van der Waals surface area contributed by atoms with Gasteiger partial charge >= 0.3 is 342 Å². The molecular formula is C70H192Cl6O22Si18Sn2. The van der Waals surface area contributed by atoms with Gasteiger partial charge in [-0.1, -0.05) is 0 Å². The van der Waals surface area contributed by atoms with Crippen LogP contribution in [0.1, 0.15) is 159 Å². The topological polar surface area (TPSA) is 247 Å². The second-order valence-electron chi connectivity index (χ2n) is 35.5. The Morgan fingerprint density at radius 3 is 0.847 bits per heavy atom. The quantitative estimate of drug-likeness (QED) is 0.0328. The Morgan fingerprint density at radius 1 is 0.398 bits per heavy atom. The van der Waals surface area contributed by atoms with E-state index < -0.39 is 189 Å². The Balaban J connectivity index is -0.000000163. The number of hydrogen-bond donors (Lipinski definition) is 4. The summed E-state index contributed by atoms with van der Waals surface area (Å²) in [5, 5.41) is 0. The van der Waals surface area contributed by atoms with E-state index in [1.165, 1.54) is 117 Å². The molecule has 2 fully saturated rings. The molecule has 2 aliphatic rings. The van der Waals surface area contributed by atoms with Gasteiger partial charge in [-0.3, -0.25) is 0 Å². The van der Waals surface area contributed by atoms with E-state index in [0.717, 1.165) is 39.6 Å². The average Bonchev–Trinajstić information content (AvgIpc) is 0.837. The second kappa shape index (κ2) is 73.6. The van der Waals surface area contributed by atoms with Crippen LogP contribution in [0, 0.1) is 0 Å². The molecule has 2 saturated heterocycles. The molecule has 0 radical (unpaired) electrons. The van der Waals surface area contributed by atoms with E-state index in [-0.39, 0.29) is 0 Å². The molecule has 118 heavy (non-hydrogen) atoms. The van der Waals surface area contributed by atoms with E-state index in [2.05, 4.69) is 100 Å². The maximum atomic E-state index is 9.74. The van der Waals surface area contributed by atoms with Gasteiger partial charge in [0.1, 0.15) is 0 Å². The van der Waals surface area contributed by atoms with Crippen molar-refractivity contribution in [1.29, 1.82) is 0 Å². The Morgan fingerprint density at radius 2 is 0.653 bits per heavy atom. The molecule has 48 heteroatoms. The zero-order chi connectivity index (χ0) is 95.4. The summed E-state index contributed by atoms with van der Waals surface area (Å²) in [7, 11) is -31.8. The second-order valence-corrected chi connectivity index (χ2v) is 131. The first-order valence-corrected chi connectivity index (χ1v) is 113. The fraction of sp³-hybridized carbons (Fsp3) is 1.00. The van der Waals surface area contributed by atoms with Crippen LogP contribution in [0.3, 0.4) is 0 Å². The predicted molar refractivity (Wildman–Crippen MR) is 563 cm³/mol. The summed E-state index contributed by atoms with van der Waals surface area (Å²) in [5.41, 5.74) is 0. The summed E-state index contributed by atoms with van der Waals surface area (Å²) in [6, 6.07) is 0. The van der Waals surface area contributed by atoms with E-state index in [9.17, 15) is 19.2 Å². The summed E-state index contributed by atoms with van der Waals surface area (Å²) < 4.78 is 112. The van der Waals surface area contributed by atoms with Gasteiger partial charge in [0, 0.05) is 39.6 Å². The van der Waals surface area contributed by atoms with Gasteiger partial charge in [-0.25, -0.2) is 0 Å². The number of unbranched alkanes of at least 4 members (excludes halogenated alkanes) is 6. The van der Waals surface area contributed by atoms with Crippen LogP contribution < -0.4 is 0 Å². The zero-order valence-electron chi connectivity index (χ0n) is 84.1. The van der Waals surface area contributed by atoms with Crippen molar-refractivity contribution in [2.24, 2.45) is 0 Å². The monoisotopic (exact) mass is 2340 g/mol. The minimum atomic E-state index is -2.58. The van der Waals surface area contributed by atoms with Crippen LogP contribution in [0.15, 0.2) is 0 Å². The molecule has 0 spiro atoms. The Hall–Kier alpha value is 6.36. The number of ether oxygens (including phenoxy) is 3. The van der Waals surface area contributed by atoms with Crippen molar-refractivity contribution in [3.8, 4) is 0 Å². The first kappa shape index (κ1) is 142. The van der Waals surface area contributed by atoms with Crippen LogP contribution in [-0.2, 0) is 73.9 Å². The van der Waals surface area contributed by atoms with Crippen LogP contribution in [0.25, 0.3) is 0 Å². The molecule has 4 N–H and O–H groups in total. The summed E-state index contributed by atoms with van der Waals surface area (Å²) in [6.45, 7) is 86.8. The molecule has 0 aromatic rings. The molecule has 2 rings (SSSR count). The van der Waals surface area contributed by atoms with Crippen LogP contribution in [0.5, 0.6) is 0 Å². The van der Waals surface area contributed by atoms with E-state index in [1.54, 1.807) is 45.8 Å². The maximum Gasteiger partial charge on any atom is 0.320 e. The molecule has 22 nitrogen and oxygen atoms in total. The Labute approximate surface area is 789 Å². The van der Waals surface area contributed by atoms with E-state index in [1.807, 2.05) is 147 Å². The molecule has 2 aliphatic heterocycles. The van der Waals surface area contributed by atoms with Gasteiger partial charge in [0.15, 0.2) is 0 Å². The van der Waals surface area contributed by atoms with Crippen molar-refractivity contribution in [2.75, 3.05) is 53.9 Å². The average molecular weight is 2340 g/mol. The van der Waals surface area contributed by atoms with Crippen molar-refractivity contribution in [3.63, 3.8) is 0 Å². The number of rotatable bonds is 42. The van der Waals surface area contributed by atoms with Gasteiger partial charge in [0.25, 0.3) is 16.0 Å². The van der Waals surface area contributed by atoms with Gasteiger partial charge < -0.3 is 82.8 Å². The molecule has 0 bridgehead atoms. The Bertz CT molecular complexity index is 2140. The van der Waals surface area contributed by atoms with Crippen LogP contribution in [0.2, 0.25) is 236 Å². The molecule has 0 aromatic carbocycles. The smallest absolute Gasteiger partial charge is 0.320 e. The standard InChI is InChI=1S/C7H22Cl2O3Si4.C7H24O5Si4.C7H22O4Si4.C6H20O4Si3.C4H8O.2C4H10O.6C4H9.C3H9O2Si.C2H6Cl2Si.CH4Cl2Si.CH3O.2Sn/c2*1-13(8)10-15(4,5)12-16(6,7)11-14(2,3)9;1-12-8-13(2,3)10-15(6,7)11-14(4,5)9-12;1-11(2,7)9-13(5,6)10-12(3,4)8;1-2-4-5-3-1;2*1-3-5-4-2;6*1-3-4-2;1-5-6(2,3)4;1-5(2,3)4;1-4(2)3;1-2;;/h13H,1-7H3;8-9,13H,1-7H3;12H,1-7H3;7-8H,1-6H3;1-4H2;2*3-4H2,1-2H3;6*1,3-4H2,2H3;1-3H3;1-2H3;4H,1H3;1H3;;/q;;;;;;;;;;;;;-1;;;-1;2*+1. The third-order valence-corrected chi connectivity index (χ3v) is 96.1. The molecule has 0 amide bonds. The van der Waals surface area contributed by atoms with E-state index in [4.69, 9.17) is 140 Å². The van der Waals surface area contributed by atoms with Crippen LogP contribution in [-0.4, -0.2) is 262 Å². The van der Waals surface area contributed by atoms with Crippen LogP contribution >= 0.6 is 66.5 Å². The normalized spacial score (nSPS) is 16.1. The van der Waals surface area contributed by atoms with Crippen molar-refractivity contribution < 1.29 is 93.0 Å². The van der Waals surface area contributed by atoms with Gasteiger partial charge in [0.2, 0.25) is 14.1 Å². The number of hydrogen-bond acceptors (Lipinski definition) is 22. The van der Waals surface area contributed by atoms with E-state index in [0.29, 0.717) is 0 Å². The Kier molecular flexibility index (Phi) is 88.8. The van der Waals surface area contributed by atoms with Crippen molar-refractivity contribution >= 4 is 255 Å². The third-order valence-electron chi connectivity index (χ3n) is 14.7. The largest absolute Gasteiger partial charge is 0.427 e. The summed E-state index contributed by atoms with van der Waals surface area (Å²) in [6.07, 6.45) is 18.7. The van der Waals surface area contributed by atoms with Gasteiger partial charge in [0.05, 0.1) is 0 Å². The van der Waals surface area contributed by atoms with Gasteiger partial charge in [-0.15, -0.1) is 44.3 Å². The molecule has 0 aliphatic carbocycles. The predicted octanol–water partition coefficient (Wildman–Crippen LogP) is 24.6. The van der Waals surface area contributed by atoms with Crippen LogP contribution in [0.4, 0.5) is 0 Å². The summed E-state index contributed by atoms with van der Waals surface area (Å²) in [5.74, 6) is 0. The van der Waals surface area contributed by atoms with Crippen molar-refractivity contribution in [3.05, 3.63) is 0 Å². The van der Waals surface area contributed by atoms with E-state index >= 15 is 0 Å². The molecular weight excluding hydrogens is 2150 g/mol. The van der Waals surface area contributed by atoms with Gasteiger partial charge in [-0.05, 0) is 237 Å². The molecule has 0 aromatic heterocycles. The minimum Gasteiger partial charge on any atom is -0.427 e. The summed E-state index contributed by atoms with van der Waals surface area (Å²) in [4.78, 5) is 38.2. The number of halogens is 6.